The molecule has 0 N–H and O–H groups in total. The summed E-state index contributed by atoms with van der Waals surface area (Å²) >= 11 is 0. The first-order valence-electron chi connectivity index (χ1n) is 9.35. The van der Waals surface area contributed by atoms with Crippen molar-refractivity contribution in [1.29, 1.82) is 0 Å². The minimum Gasteiger partial charge on any atom is -0.340 e. The molecular weight excluding hydrogens is 314 g/mol. The van der Waals surface area contributed by atoms with Crippen LogP contribution in [0.5, 0.6) is 0 Å². The fourth-order valence-electron chi connectivity index (χ4n) is 4.06. The van der Waals surface area contributed by atoms with E-state index in [1.807, 2.05) is 42.3 Å². The van der Waals surface area contributed by atoms with Crippen LogP contribution in [0.4, 0.5) is 0 Å². The minimum atomic E-state index is -0.284. The van der Waals surface area contributed by atoms with Gasteiger partial charge in [-0.3, -0.25) is 9.59 Å². The molecule has 2 amide bonds. The van der Waals surface area contributed by atoms with Crippen LogP contribution in [0.25, 0.3) is 0 Å². The van der Waals surface area contributed by atoms with Gasteiger partial charge in [0.2, 0.25) is 11.8 Å². The molecule has 136 valence electrons. The third-order valence-electron chi connectivity index (χ3n) is 5.55. The van der Waals surface area contributed by atoms with Crippen molar-refractivity contribution in [3.63, 3.8) is 0 Å². The number of carbonyl (C=O) groups is 2. The van der Waals surface area contributed by atoms with E-state index in [-0.39, 0.29) is 23.9 Å². The predicted molar refractivity (Wildman–Crippen MR) is 98.2 cm³/mol. The molecule has 2 unspecified atom stereocenters. The number of rotatable bonds is 4. The van der Waals surface area contributed by atoms with Gasteiger partial charge >= 0.3 is 0 Å². The van der Waals surface area contributed by atoms with Gasteiger partial charge in [-0.2, -0.15) is 0 Å². The van der Waals surface area contributed by atoms with Crippen LogP contribution in [0.15, 0.2) is 30.3 Å². The van der Waals surface area contributed by atoms with Gasteiger partial charge in [0.15, 0.2) is 0 Å². The van der Waals surface area contributed by atoms with Crippen LogP contribution in [-0.2, 0) is 16.0 Å². The largest absolute Gasteiger partial charge is 0.340 e. The molecule has 2 aliphatic heterocycles. The van der Waals surface area contributed by atoms with Gasteiger partial charge in [0.1, 0.15) is 6.04 Å². The maximum Gasteiger partial charge on any atom is 0.245 e. The Labute approximate surface area is 150 Å². The zero-order valence-corrected chi connectivity index (χ0v) is 15.4. The molecule has 0 radical (unpaired) electrons. The number of hydrogen-bond donors (Lipinski definition) is 0. The summed E-state index contributed by atoms with van der Waals surface area (Å²) in [5.74, 6) is 0.176. The molecule has 2 saturated heterocycles. The minimum absolute atomic E-state index is 0.0659. The molecule has 2 atom stereocenters. The number of nitrogens with zero attached hydrogens (tertiary/aromatic N) is 3. The van der Waals surface area contributed by atoms with Crippen molar-refractivity contribution in [1.82, 2.24) is 14.7 Å². The van der Waals surface area contributed by atoms with Crippen molar-refractivity contribution in [3.8, 4) is 0 Å². The average Bonchev–Trinajstić information content (AvgIpc) is 3.11. The number of likely N-dealkylation sites (N-methyl/N-ethyl adjacent to an activating group) is 2. The van der Waals surface area contributed by atoms with Crippen LogP contribution in [0.1, 0.15) is 31.2 Å². The SMILES string of the molecule is CN1CCCC(N(C)C(=O)C2CCCN2C(=O)Cc2ccccc2)C1. The van der Waals surface area contributed by atoms with E-state index in [9.17, 15) is 9.59 Å². The molecule has 0 aromatic heterocycles. The van der Waals surface area contributed by atoms with Gasteiger partial charge in [0.05, 0.1) is 6.42 Å². The second kappa shape index (κ2) is 8.00. The molecule has 0 bridgehead atoms. The Morgan fingerprint density at radius 1 is 1.12 bits per heavy atom. The predicted octanol–water partition coefficient (Wildman–Crippen LogP) is 1.77. The van der Waals surface area contributed by atoms with Gasteiger partial charge in [-0.1, -0.05) is 30.3 Å². The van der Waals surface area contributed by atoms with E-state index in [0.29, 0.717) is 13.0 Å². The Morgan fingerprint density at radius 3 is 2.56 bits per heavy atom. The first-order chi connectivity index (χ1) is 12.1. The molecule has 2 heterocycles. The summed E-state index contributed by atoms with van der Waals surface area (Å²) in [5, 5.41) is 0. The summed E-state index contributed by atoms with van der Waals surface area (Å²) in [7, 11) is 4.01. The van der Waals surface area contributed by atoms with E-state index in [1.165, 1.54) is 0 Å². The fraction of sp³-hybridized carbons (Fsp3) is 0.600. The fourth-order valence-corrected chi connectivity index (χ4v) is 4.06. The van der Waals surface area contributed by atoms with Crippen molar-refractivity contribution in [2.45, 2.75) is 44.2 Å². The van der Waals surface area contributed by atoms with E-state index in [0.717, 1.165) is 44.3 Å². The van der Waals surface area contributed by atoms with Gasteiger partial charge in [0, 0.05) is 26.2 Å². The second-order valence-electron chi connectivity index (χ2n) is 7.41. The zero-order chi connectivity index (χ0) is 17.8. The number of piperidine rings is 1. The Bertz CT molecular complexity index is 604. The maximum atomic E-state index is 13.0. The lowest BCUT2D eigenvalue weighted by atomic mass is 10.0. The van der Waals surface area contributed by atoms with E-state index < -0.39 is 0 Å². The number of carbonyl (C=O) groups excluding carboxylic acids is 2. The monoisotopic (exact) mass is 343 g/mol. The lowest BCUT2D eigenvalue weighted by molar-refractivity contribution is -0.144. The summed E-state index contributed by atoms with van der Waals surface area (Å²) in [6, 6.07) is 9.76. The Kier molecular flexibility index (Phi) is 5.74. The van der Waals surface area contributed by atoms with Gasteiger partial charge < -0.3 is 14.7 Å². The van der Waals surface area contributed by atoms with Crippen LogP contribution < -0.4 is 0 Å². The maximum absolute atomic E-state index is 13.0. The van der Waals surface area contributed by atoms with Crippen LogP contribution in [-0.4, -0.2) is 72.3 Å². The molecular formula is C20H29N3O2. The van der Waals surface area contributed by atoms with Gasteiger partial charge in [-0.25, -0.2) is 0 Å². The smallest absolute Gasteiger partial charge is 0.245 e. The summed E-state index contributed by atoms with van der Waals surface area (Å²) in [4.78, 5) is 31.7. The third kappa shape index (κ3) is 4.21. The van der Waals surface area contributed by atoms with E-state index in [2.05, 4.69) is 11.9 Å². The van der Waals surface area contributed by atoms with Crippen molar-refractivity contribution in [3.05, 3.63) is 35.9 Å². The standard InChI is InChI=1S/C20H29N3O2/c1-21-12-6-10-17(15-21)22(2)20(25)18-11-7-13-23(18)19(24)14-16-8-4-3-5-9-16/h3-5,8-9,17-18H,6-7,10-15H2,1-2H3. The van der Waals surface area contributed by atoms with Gasteiger partial charge in [-0.05, 0) is 44.8 Å². The number of amides is 2. The second-order valence-corrected chi connectivity index (χ2v) is 7.41. The molecule has 1 aromatic rings. The Morgan fingerprint density at radius 2 is 1.84 bits per heavy atom. The van der Waals surface area contributed by atoms with Crippen molar-refractivity contribution < 1.29 is 9.59 Å². The molecule has 2 fully saturated rings. The highest BCUT2D eigenvalue weighted by Crippen LogP contribution is 2.23. The number of hydrogen-bond acceptors (Lipinski definition) is 3. The average molecular weight is 343 g/mol. The van der Waals surface area contributed by atoms with Crippen molar-refractivity contribution >= 4 is 11.8 Å². The third-order valence-corrected chi connectivity index (χ3v) is 5.55. The molecule has 1 aromatic carbocycles. The molecule has 25 heavy (non-hydrogen) atoms. The summed E-state index contributed by atoms with van der Waals surface area (Å²) in [6.45, 7) is 2.72. The normalized spacial score (nSPS) is 24.3. The first-order valence-corrected chi connectivity index (χ1v) is 9.35. The van der Waals surface area contributed by atoms with Crippen molar-refractivity contribution in [2.75, 3.05) is 33.7 Å². The van der Waals surface area contributed by atoms with Crippen LogP contribution in [0.3, 0.4) is 0 Å². The molecule has 0 aliphatic carbocycles. The van der Waals surface area contributed by atoms with Gasteiger partial charge in [0.25, 0.3) is 0 Å². The van der Waals surface area contributed by atoms with Crippen molar-refractivity contribution in [2.24, 2.45) is 0 Å². The number of likely N-dealkylation sites (tertiary alicyclic amines) is 2. The topological polar surface area (TPSA) is 43.9 Å². The lowest BCUT2D eigenvalue weighted by Gasteiger charge is -2.38. The quantitative estimate of drug-likeness (QED) is 0.837. The molecule has 3 rings (SSSR count). The van der Waals surface area contributed by atoms with Crippen LogP contribution in [0.2, 0.25) is 0 Å². The van der Waals surface area contributed by atoms with E-state index >= 15 is 0 Å². The highest BCUT2D eigenvalue weighted by Gasteiger charge is 2.37. The van der Waals surface area contributed by atoms with E-state index in [1.54, 1.807) is 4.90 Å². The van der Waals surface area contributed by atoms with E-state index in [4.69, 9.17) is 0 Å². The highest BCUT2D eigenvalue weighted by molar-refractivity contribution is 5.89. The lowest BCUT2D eigenvalue weighted by Crippen LogP contribution is -2.53. The zero-order valence-electron chi connectivity index (χ0n) is 15.4. The molecule has 5 heteroatoms. The molecule has 5 nitrogen and oxygen atoms in total. The highest BCUT2D eigenvalue weighted by atomic mass is 16.2. The summed E-state index contributed by atoms with van der Waals surface area (Å²) in [5.41, 5.74) is 1.01. The first kappa shape index (κ1) is 17.9. The van der Waals surface area contributed by atoms with Crippen LogP contribution >= 0.6 is 0 Å². The van der Waals surface area contributed by atoms with Crippen LogP contribution in [0, 0.1) is 0 Å². The Hall–Kier alpha value is -1.88. The molecule has 0 saturated carbocycles. The summed E-state index contributed by atoms with van der Waals surface area (Å²) in [6.07, 6.45) is 4.25. The van der Waals surface area contributed by atoms with Gasteiger partial charge in [-0.15, -0.1) is 0 Å². The molecule has 2 aliphatic rings. The molecule has 0 spiro atoms. The number of benzene rings is 1. The Balaban J connectivity index is 1.64. The summed E-state index contributed by atoms with van der Waals surface area (Å²) < 4.78 is 0.